The molecule has 1 aromatic heterocycles. The van der Waals surface area contributed by atoms with Crippen molar-refractivity contribution in [1.29, 1.82) is 0 Å². The van der Waals surface area contributed by atoms with Gasteiger partial charge in [0.15, 0.2) is 0 Å². The summed E-state index contributed by atoms with van der Waals surface area (Å²) in [6.07, 6.45) is 0. The number of fused-ring (bicyclic) bond motifs is 1. The summed E-state index contributed by atoms with van der Waals surface area (Å²) < 4.78 is 2.06. The van der Waals surface area contributed by atoms with Crippen LogP contribution in [0.4, 0.5) is 0 Å². The standard InChI is InChI=1S/C11H12Cl2N2/c1-3-15-10-8(13)5-4-6-9(10)14-11(15)7(2)12/h4-7H,3H2,1-2H3/t7-/m0/s1. The molecule has 1 aromatic carbocycles. The van der Waals surface area contributed by atoms with E-state index in [1.807, 2.05) is 25.1 Å². The lowest BCUT2D eigenvalue weighted by Crippen LogP contribution is -2.02. The third-order valence-corrected chi connectivity index (χ3v) is 2.92. The molecule has 0 fully saturated rings. The average Bonchev–Trinajstić information content (AvgIpc) is 2.57. The first kappa shape index (κ1) is 10.8. The molecular weight excluding hydrogens is 231 g/mol. The number of para-hydroxylation sites is 1. The van der Waals surface area contributed by atoms with E-state index in [1.54, 1.807) is 0 Å². The molecule has 0 radical (unpaired) electrons. The van der Waals surface area contributed by atoms with Gasteiger partial charge >= 0.3 is 0 Å². The number of rotatable bonds is 2. The number of alkyl halides is 1. The number of hydrogen-bond acceptors (Lipinski definition) is 1. The van der Waals surface area contributed by atoms with Gasteiger partial charge in [0, 0.05) is 6.54 Å². The highest BCUT2D eigenvalue weighted by atomic mass is 35.5. The quantitative estimate of drug-likeness (QED) is 0.728. The molecule has 2 rings (SSSR count). The highest BCUT2D eigenvalue weighted by Crippen LogP contribution is 2.28. The first-order chi connectivity index (χ1) is 7.15. The van der Waals surface area contributed by atoms with Crippen molar-refractivity contribution < 1.29 is 0 Å². The summed E-state index contributed by atoms with van der Waals surface area (Å²) >= 11 is 12.2. The molecule has 0 saturated carbocycles. The molecule has 0 unspecified atom stereocenters. The number of aryl methyl sites for hydroxylation is 1. The summed E-state index contributed by atoms with van der Waals surface area (Å²) in [4.78, 5) is 4.49. The maximum Gasteiger partial charge on any atom is 0.127 e. The largest absolute Gasteiger partial charge is 0.326 e. The lowest BCUT2D eigenvalue weighted by molar-refractivity contribution is 0.717. The van der Waals surface area contributed by atoms with Crippen LogP contribution in [0, 0.1) is 0 Å². The van der Waals surface area contributed by atoms with Gasteiger partial charge in [0.05, 0.1) is 21.4 Å². The van der Waals surface area contributed by atoms with E-state index in [2.05, 4.69) is 16.5 Å². The fourth-order valence-corrected chi connectivity index (χ4v) is 2.22. The van der Waals surface area contributed by atoms with Crippen molar-refractivity contribution in [3.05, 3.63) is 29.0 Å². The number of benzene rings is 1. The van der Waals surface area contributed by atoms with E-state index in [9.17, 15) is 0 Å². The first-order valence-electron chi connectivity index (χ1n) is 4.94. The Bertz CT molecular complexity index is 489. The van der Waals surface area contributed by atoms with Crippen molar-refractivity contribution >= 4 is 34.2 Å². The molecule has 15 heavy (non-hydrogen) atoms. The van der Waals surface area contributed by atoms with Gasteiger partial charge in [-0.05, 0) is 26.0 Å². The SMILES string of the molecule is CCn1c([C@H](C)Cl)nc2cccc(Cl)c21. The van der Waals surface area contributed by atoms with E-state index in [0.29, 0.717) is 0 Å². The van der Waals surface area contributed by atoms with Gasteiger partial charge in [0.2, 0.25) is 0 Å². The summed E-state index contributed by atoms with van der Waals surface area (Å²) in [5.41, 5.74) is 1.89. The number of aromatic nitrogens is 2. The minimum atomic E-state index is -0.103. The molecule has 0 aliphatic rings. The maximum atomic E-state index is 6.16. The zero-order valence-corrected chi connectivity index (χ0v) is 10.2. The Morgan fingerprint density at radius 1 is 1.47 bits per heavy atom. The number of halogens is 2. The van der Waals surface area contributed by atoms with Crippen LogP contribution in [0.5, 0.6) is 0 Å². The van der Waals surface area contributed by atoms with E-state index >= 15 is 0 Å². The minimum Gasteiger partial charge on any atom is -0.326 e. The predicted molar refractivity (Wildman–Crippen MR) is 64.7 cm³/mol. The molecule has 0 aliphatic heterocycles. The van der Waals surface area contributed by atoms with Crippen molar-refractivity contribution in [2.24, 2.45) is 0 Å². The maximum absolute atomic E-state index is 6.16. The van der Waals surface area contributed by atoms with E-state index in [0.717, 1.165) is 28.4 Å². The fourth-order valence-electron chi connectivity index (χ4n) is 1.78. The van der Waals surface area contributed by atoms with E-state index in [-0.39, 0.29) is 5.38 Å². The van der Waals surface area contributed by atoms with Crippen LogP contribution in [0.15, 0.2) is 18.2 Å². The van der Waals surface area contributed by atoms with Gasteiger partial charge in [-0.15, -0.1) is 11.6 Å². The molecule has 0 N–H and O–H groups in total. The smallest absolute Gasteiger partial charge is 0.127 e. The Labute approximate surface area is 98.8 Å². The van der Waals surface area contributed by atoms with Crippen LogP contribution in [0.1, 0.15) is 25.0 Å². The number of hydrogen-bond donors (Lipinski definition) is 0. The first-order valence-corrected chi connectivity index (χ1v) is 5.75. The highest BCUT2D eigenvalue weighted by Gasteiger charge is 2.15. The van der Waals surface area contributed by atoms with Gasteiger partial charge < -0.3 is 4.57 Å². The summed E-state index contributed by atoms with van der Waals surface area (Å²) in [7, 11) is 0. The monoisotopic (exact) mass is 242 g/mol. The van der Waals surface area contributed by atoms with Gasteiger partial charge in [-0.25, -0.2) is 4.98 Å². The molecule has 0 bridgehead atoms. The molecule has 2 aromatic rings. The predicted octanol–water partition coefficient (Wildman–Crippen LogP) is 4.01. The zero-order valence-electron chi connectivity index (χ0n) is 8.67. The van der Waals surface area contributed by atoms with Crippen LogP contribution in [-0.4, -0.2) is 9.55 Å². The Hall–Kier alpha value is -0.730. The normalized spacial score (nSPS) is 13.3. The lowest BCUT2D eigenvalue weighted by atomic mass is 10.3. The molecule has 0 aliphatic carbocycles. The van der Waals surface area contributed by atoms with Crippen LogP contribution in [0.2, 0.25) is 5.02 Å². The summed E-state index contributed by atoms with van der Waals surface area (Å²) in [5, 5.41) is 0.624. The average molecular weight is 243 g/mol. The van der Waals surface area contributed by atoms with Gasteiger partial charge in [-0.1, -0.05) is 17.7 Å². The van der Waals surface area contributed by atoms with E-state index < -0.39 is 0 Å². The van der Waals surface area contributed by atoms with Crippen molar-refractivity contribution in [2.45, 2.75) is 25.8 Å². The molecule has 80 valence electrons. The Morgan fingerprint density at radius 3 is 2.80 bits per heavy atom. The third-order valence-electron chi connectivity index (χ3n) is 2.42. The second-order valence-electron chi connectivity index (χ2n) is 3.44. The van der Waals surface area contributed by atoms with Gasteiger partial charge in [-0.3, -0.25) is 0 Å². The van der Waals surface area contributed by atoms with Crippen LogP contribution in [0.3, 0.4) is 0 Å². The van der Waals surface area contributed by atoms with Gasteiger partial charge in [0.25, 0.3) is 0 Å². The lowest BCUT2D eigenvalue weighted by Gasteiger charge is -2.07. The summed E-state index contributed by atoms with van der Waals surface area (Å²) in [5.74, 6) is 0.877. The highest BCUT2D eigenvalue weighted by molar-refractivity contribution is 6.35. The van der Waals surface area contributed by atoms with E-state index in [1.165, 1.54) is 0 Å². The minimum absolute atomic E-state index is 0.103. The zero-order chi connectivity index (χ0) is 11.0. The molecule has 1 atom stereocenters. The molecule has 2 nitrogen and oxygen atoms in total. The molecule has 4 heteroatoms. The summed E-state index contributed by atoms with van der Waals surface area (Å²) in [6.45, 7) is 4.81. The summed E-state index contributed by atoms with van der Waals surface area (Å²) in [6, 6.07) is 5.73. The molecule has 0 amide bonds. The van der Waals surface area contributed by atoms with Crippen LogP contribution in [-0.2, 0) is 6.54 Å². The number of imidazole rings is 1. The van der Waals surface area contributed by atoms with Crippen LogP contribution >= 0.6 is 23.2 Å². The Morgan fingerprint density at radius 2 is 2.20 bits per heavy atom. The molecule has 1 heterocycles. The van der Waals surface area contributed by atoms with Crippen LogP contribution in [0.25, 0.3) is 11.0 Å². The molecule has 0 saturated heterocycles. The molecular formula is C11H12Cl2N2. The fraction of sp³-hybridized carbons (Fsp3) is 0.364. The number of nitrogens with zero attached hydrogens (tertiary/aromatic N) is 2. The van der Waals surface area contributed by atoms with Crippen LogP contribution < -0.4 is 0 Å². The van der Waals surface area contributed by atoms with Crippen molar-refractivity contribution in [1.82, 2.24) is 9.55 Å². The topological polar surface area (TPSA) is 17.8 Å². The Kier molecular flexibility index (Phi) is 2.89. The second kappa shape index (κ2) is 4.03. The molecule has 0 spiro atoms. The Balaban J connectivity index is 2.80. The third kappa shape index (κ3) is 1.72. The second-order valence-corrected chi connectivity index (χ2v) is 4.50. The van der Waals surface area contributed by atoms with Crippen molar-refractivity contribution in [2.75, 3.05) is 0 Å². The van der Waals surface area contributed by atoms with Gasteiger partial charge in [-0.2, -0.15) is 0 Å². The van der Waals surface area contributed by atoms with Crippen molar-refractivity contribution in [3.63, 3.8) is 0 Å². The van der Waals surface area contributed by atoms with Crippen molar-refractivity contribution in [3.8, 4) is 0 Å². The van der Waals surface area contributed by atoms with Gasteiger partial charge in [0.1, 0.15) is 5.82 Å². The van der Waals surface area contributed by atoms with E-state index in [4.69, 9.17) is 23.2 Å².